The first-order valence-electron chi connectivity index (χ1n) is 12.2. The van der Waals surface area contributed by atoms with Crippen molar-refractivity contribution in [3.63, 3.8) is 0 Å². The lowest BCUT2D eigenvalue weighted by molar-refractivity contribution is -0.384. The van der Waals surface area contributed by atoms with Gasteiger partial charge in [-0.05, 0) is 28.8 Å². The number of carbonyl (C=O) groups is 4. The molecule has 2 heterocycles. The van der Waals surface area contributed by atoms with Gasteiger partial charge >= 0.3 is 11.9 Å². The Morgan fingerprint density at radius 1 is 0.975 bits per heavy atom. The Morgan fingerprint density at radius 3 is 2.20 bits per heavy atom. The first kappa shape index (κ1) is 26.9. The lowest BCUT2D eigenvalue weighted by Gasteiger charge is -2.43. The predicted octanol–water partition coefficient (Wildman–Crippen LogP) is 2.63. The van der Waals surface area contributed by atoms with Gasteiger partial charge in [-0.2, -0.15) is 0 Å². The highest BCUT2D eigenvalue weighted by atomic mass is 32.2. The van der Waals surface area contributed by atoms with Crippen LogP contribution in [0.25, 0.3) is 0 Å². The van der Waals surface area contributed by atoms with E-state index in [9.17, 15) is 34.4 Å². The largest absolute Gasteiger partial charge is 0.480 e. The molecule has 2 unspecified atom stereocenters. The van der Waals surface area contributed by atoms with E-state index in [4.69, 9.17) is 4.74 Å². The van der Waals surface area contributed by atoms with Crippen LogP contribution in [0, 0.1) is 10.1 Å². The average molecular weight is 562 g/mol. The van der Waals surface area contributed by atoms with Crippen LogP contribution in [0.4, 0.5) is 5.69 Å². The molecular weight excluding hydrogens is 538 g/mol. The van der Waals surface area contributed by atoms with Gasteiger partial charge in [0.25, 0.3) is 5.69 Å². The Bertz CT molecular complexity index is 1470. The van der Waals surface area contributed by atoms with Crippen LogP contribution in [0.3, 0.4) is 0 Å². The molecule has 12 heteroatoms. The summed E-state index contributed by atoms with van der Waals surface area (Å²) in [5.74, 6) is -3.27. The third kappa shape index (κ3) is 4.77. The van der Waals surface area contributed by atoms with Crippen molar-refractivity contribution in [3.8, 4) is 0 Å². The molecule has 3 aromatic carbocycles. The minimum Gasteiger partial charge on any atom is -0.480 e. The van der Waals surface area contributed by atoms with Gasteiger partial charge < -0.3 is 20.1 Å². The van der Waals surface area contributed by atoms with Gasteiger partial charge in [-0.1, -0.05) is 60.7 Å². The molecule has 11 nitrogen and oxygen atoms in total. The second-order valence-corrected chi connectivity index (χ2v) is 10.7. The summed E-state index contributed by atoms with van der Waals surface area (Å²) in [6.45, 7) is -0.285. The van der Waals surface area contributed by atoms with E-state index < -0.39 is 50.9 Å². The number of nitrogens with zero attached hydrogens (tertiary/aromatic N) is 2. The number of hydrogen-bond donors (Lipinski definition) is 2. The van der Waals surface area contributed by atoms with Crippen LogP contribution in [0.5, 0.6) is 0 Å². The summed E-state index contributed by atoms with van der Waals surface area (Å²) in [5, 5.41) is 23.3. The van der Waals surface area contributed by atoms with Crippen molar-refractivity contribution < 1.29 is 33.9 Å². The zero-order valence-electron chi connectivity index (χ0n) is 20.8. The van der Waals surface area contributed by atoms with Crippen LogP contribution in [0.15, 0.2) is 84.9 Å². The average Bonchev–Trinajstić information content (AvgIpc) is 3.29. The standard InChI is InChI=1S/C28H23N3O8S/c32-21(15-17-7-3-1-4-8-17)29-22-24(33)30-23(26(34)39-16-18-11-13-20(14-12-18)31(37)38)28(27(35)36,40-25(22)30)19-9-5-2-6-10-19/h1-14,22-23,25H,15-16H2,(H,29,32)(H,35,36)/t22-,23?,25-,28?/m1/s1. The number of aliphatic carboxylic acids is 1. The summed E-state index contributed by atoms with van der Waals surface area (Å²) in [4.78, 5) is 63.9. The second kappa shape index (κ2) is 10.8. The topological polar surface area (TPSA) is 156 Å². The van der Waals surface area contributed by atoms with Gasteiger partial charge in [0, 0.05) is 12.1 Å². The minimum atomic E-state index is -1.90. The lowest BCUT2D eigenvalue weighted by Crippen LogP contribution is -2.71. The Kier molecular flexibility index (Phi) is 7.26. The molecule has 2 aliphatic heterocycles. The molecule has 4 atom stereocenters. The van der Waals surface area contributed by atoms with Crippen molar-refractivity contribution in [2.24, 2.45) is 0 Å². The van der Waals surface area contributed by atoms with Gasteiger partial charge in [-0.15, -0.1) is 11.8 Å². The van der Waals surface area contributed by atoms with Crippen LogP contribution >= 0.6 is 11.8 Å². The fourth-order valence-electron chi connectivity index (χ4n) is 4.90. The molecule has 2 aliphatic rings. The molecule has 2 amide bonds. The first-order valence-corrected chi connectivity index (χ1v) is 13.1. The number of nitro benzene ring substituents is 1. The van der Waals surface area contributed by atoms with Crippen molar-refractivity contribution in [1.82, 2.24) is 10.2 Å². The number of β-lactam (4-membered cyclic amide) rings is 1. The number of esters is 1. The normalized spacial score (nSPS) is 23.1. The highest BCUT2D eigenvalue weighted by Crippen LogP contribution is 2.57. The molecule has 3 aromatic rings. The monoisotopic (exact) mass is 561 g/mol. The third-order valence-electron chi connectivity index (χ3n) is 6.85. The molecule has 204 valence electrons. The van der Waals surface area contributed by atoms with E-state index in [1.807, 2.05) is 6.07 Å². The van der Waals surface area contributed by atoms with E-state index in [-0.39, 0.29) is 18.7 Å². The van der Waals surface area contributed by atoms with Crippen LogP contribution in [0.2, 0.25) is 0 Å². The molecule has 0 bridgehead atoms. The van der Waals surface area contributed by atoms with E-state index in [0.717, 1.165) is 22.2 Å². The number of rotatable bonds is 9. The number of hydrogen-bond acceptors (Lipinski definition) is 8. The molecule has 0 aromatic heterocycles. The van der Waals surface area contributed by atoms with E-state index in [2.05, 4.69) is 5.32 Å². The molecular formula is C28H23N3O8S. The highest BCUT2D eigenvalue weighted by molar-refractivity contribution is 8.02. The Hall–Kier alpha value is -4.71. The van der Waals surface area contributed by atoms with Crippen molar-refractivity contribution >= 4 is 41.2 Å². The highest BCUT2D eigenvalue weighted by Gasteiger charge is 2.71. The van der Waals surface area contributed by atoms with Gasteiger partial charge in [0.05, 0.1) is 11.3 Å². The number of carboxylic acid groups (broad SMARTS) is 1. The van der Waals surface area contributed by atoms with E-state index >= 15 is 0 Å². The molecule has 2 fully saturated rings. The Balaban J connectivity index is 1.40. The third-order valence-corrected chi connectivity index (χ3v) is 8.59. The van der Waals surface area contributed by atoms with Gasteiger partial charge in [0.2, 0.25) is 11.8 Å². The number of nitro groups is 1. The number of ether oxygens (including phenoxy) is 1. The predicted molar refractivity (Wildman–Crippen MR) is 143 cm³/mol. The summed E-state index contributed by atoms with van der Waals surface area (Å²) in [5.41, 5.74) is 1.36. The van der Waals surface area contributed by atoms with E-state index in [0.29, 0.717) is 11.1 Å². The van der Waals surface area contributed by atoms with Crippen molar-refractivity contribution in [3.05, 3.63) is 112 Å². The summed E-state index contributed by atoms with van der Waals surface area (Å²) in [6, 6.07) is 19.9. The number of non-ortho nitro benzene ring substituents is 1. The fourth-order valence-corrected chi connectivity index (χ4v) is 6.66. The zero-order valence-corrected chi connectivity index (χ0v) is 21.7. The zero-order chi connectivity index (χ0) is 28.4. The summed E-state index contributed by atoms with van der Waals surface area (Å²) in [7, 11) is 0. The number of nitrogens with one attached hydrogen (secondary N) is 1. The number of carboxylic acids is 1. The molecule has 0 saturated carbocycles. The molecule has 0 aliphatic carbocycles. The summed E-state index contributed by atoms with van der Waals surface area (Å²) < 4.78 is 3.57. The van der Waals surface area contributed by atoms with Crippen molar-refractivity contribution in [2.75, 3.05) is 0 Å². The second-order valence-electron chi connectivity index (χ2n) is 9.30. The van der Waals surface area contributed by atoms with Crippen LogP contribution in [0.1, 0.15) is 16.7 Å². The maximum absolute atomic E-state index is 13.5. The smallest absolute Gasteiger partial charge is 0.331 e. The van der Waals surface area contributed by atoms with Crippen LogP contribution in [-0.4, -0.2) is 56.1 Å². The summed E-state index contributed by atoms with van der Waals surface area (Å²) in [6.07, 6.45) is 0.0332. The first-order chi connectivity index (χ1) is 19.2. The number of benzene rings is 3. The fraction of sp³-hybridized carbons (Fsp3) is 0.214. The molecule has 2 N–H and O–H groups in total. The summed E-state index contributed by atoms with van der Waals surface area (Å²) >= 11 is 0.908. The van der Waals surface area contributed by atoms with E-state index in [1.165, 1.54) is 24.3 Å². The van der Waals surface area contributed by atoms with Crippen LogP contribution in [-0.2, 0) is 41.7 Å². The SMILES string of the molecule is O=C(Cc1ccccc1)N[C@@H]1C(=O)N2C(C(=O)OCc3ccc([N+](=O)[O-])cc3)C(C(=O)O)(c3ccccc3)S[C@H]12. The van der Waals surface area contributed by atoms with Crippen LogP contribution < -0.4 is 5.32 Å². The Morgan fingerprint density at radius 2 is 1.60 bits per heavy atom. The lowest BCUT2D eigenvalue weighted by atomic mass is 9.87. The Labute approximate surface area is 232 Å². The van der Waals surface area contributed by atoms with Crippen molar-refractivity contribution in [1.29, 1.82) is 0 Å². The van der Waals surface area contributed by atoms with Gasteiger partial charge in [0.15, 0.2) is 10.8 Å². The number of fused-ring (bicyclic) bond motifs is 1. The van der Waals surface area contributed by atoms with Gasteiger partial charge in [0.1, 0.15) is 18.0 Å². The minimum absolute atomic E-state index is 0.0332. The van der Waals surface area contributed by atoms with E-state index in [1.54, 1.807) is 54.6 Å². The maximum atomic E-state index is 13.5. The molecule has 0 radical (unpaired) electrons. The van der Waals surface area contributed by atoms with Gasteiger partial charge in [-0.3, -0.25) is 24.5 Å². The quantitative estimate of drug-likeness (QED) is 0.173. The maximum Gasteiger partial charge on any atom is 0.331 e. The number of thioether (sulfide) groups is 1. The molecule has 0 spiro atoms. The van der Waals surface area contributed by atoms with Gasteiger partial charge in [-0.25, -0.2) is 4.79 Å². The molecule has 5 rings (SSSR count). The molecule has 40 heavy (non-hydrogen) atoms. The molecule has 2 saturated heterocycles. The number of carbonyl (C=O) groups excluding carboxylic acids is 3. The van der Waals surface area contributed by atoms with Crippen molar-refractivity contribution in [2.45, 2.75) is 35.2 Å². The number of amides is 2.